The predicted molar refractivity (Wildman–Crippen MR) is 46.6 cm³/mol. The smallest absolute Gasteiger partial charge is 1.00 e. The number of nitrogens with zero attached hydrogens (tertiary/aromatic N) is 1. The van der Waals surface area contributed by atoms with Crippen LogP contribution in [0.5, 0.6) is 0 Å². The van der Waals surface area contributed by atoms with Gasteiger partial charge in [-0.1, -0.05) is 18.2 Å². The van der Waals surface area contributed by atoms with Crippen molar-refractivity contribution in [3.8, 4) is 0 Å². The largest absolute Gasteiger partial charge is 1.00 e. The van der Waals surface area contributed by atoms with Gasteiger partial charge in [-0.3, -0.25) is 0 Å². The Hall–Kier alpha value is -0.383. The Balaban J connectivity index is 0. The Morgan fingerprint density at radius 1 is 1.18 bits per heavy atom. The van der Waals surface area contributed by atoms with E-state index in [9.17, 15) is 0 Å². The van der Waals surface area contributed by atoms with Gasteiger partial charge in [-0.2, -0.15) is 0 Å². The number of para-hydroxylation sites is 1. The normalized spacial score (nSPS) is 8.64. The summed E-state index contributed by atoms with van der Waals surface area (Å²) in [4.78, 5) is 2.12. The third-order valence-corrected chi connectivity index (χ3v) is 1.60. The van der Waals surface area contributed by atoms with E-state index in [0.717, 1.165) is 0 Å². The van der Waals surface area contributed by atoms with E-state index >= 15 is 0 Å². The Kier molecular flexibility index (Phi) is 4.33. The fourth-order valence-corrected chi connectivity index (χ4v) is 1.07. The van der Waals surface area contributed by atoms with Gasteiger partial charge in [-0.05, 0) is 18.6 Å². The van der Waals surface area contributed by atoms with Crippen LogP contribution in [0.2, 0.25) is 0 Å². The summed E-state index contributed by atoms with van der Waals surface area (Å²) < 4.78 is 0. The first-order chi connectivity index (χ1) is 4.72. The summed E-state index contributed by atoms with van der Waals surface area (Å²) in [6.07, 6.45) is 0. The molecule has 0 amide bonds. The van der Waals surface area contributed by atoms with Crippen LogP contribution in [-0.4, -0.2) is 14.1 Å². The average molecular weight is 143 g/mol. The van der Waals surface area contributed by atoms with Gasteiger partial charge in [0.05, 0.1) is 0 Å². The maximum atomic E-state index is 2.12. The number of benzene rings is 1. The molecule has 0 aromatic heterocycles. The monoisotopic (exact) mass is 143 g/mol. The van der Waals surface area contributed by atoms with Gasteiger partial charge in [0, 0.05) is 19.8 Å². The van der Waals surface area contributed by atoms with Gasteiger partial charge in [0.15, 0.2) is 0 Å². The molecule has 0 radical (unpaired) electrons. The van der Waals surface area contributed by atoms with Crippen LogP contribution in [-0.2, 0) is 0 Å². The summed E-state index contributed by atoms with van der Waals surface area (Å²) in [6.45, 7) is 2.12. The topological polar surface area (TPSA) is 3.24 Å². The van der Waals surface area contributed by atoms with E-state index in [-0.39, 0.29) is 20.3 Å². The average Bonchev–Trinajstić information content (AvgIpc) is 1.88. The first-order valence-corrected chi connectivity index (χ1v) is 3.45. The maximum absolute atomic E-state index is 2.12. The molecule has 1 aromatic rings. The van der Waals surface area contributed by atoms with Crippen molar-refractivity contribution >= 4 is 5.69 Å². The standard InChI is InChI=1S/C9H13N.Li.H/c1-8-6-4-5-7-9(8)10(2)3;;/h4-7H,1-3H3;;/q;+1;-1. The molecule has 1 nitrogen and oxygen atoms in total. The number of rotatable bonds is 1. The Bertz CT molecular complexity index is 226. The third kappa shape index (κ3) is 2.61. The summed E-state index contributed by atoms with van der Waals surface area (Å²) in [5.41, 5.74) is 2.62. The number of hydrogen-bond acceptors (Lipinski definition) is 1. The fourth-order valence-electron chi connectivity index (χ4n) is 1.07. The summed E-state index contributed by atoms with van der Waals surface area (Å²) in [5.74, 6) is 0. The minimum Gasteiger partial charge on any atom is -1.00 e. The van der Waals surface area contributed by atoms with Crippen LogP contribution in [0.1, 0.15) is 6.99 Å². The zero-order valence-electron chi connectivity index (χ0n) is 8.76. The first-order valence-electron chi connectivity index (χ1n) is 3.45. The van der Waals surface area contributed by atoms with Crippen LogP contribution in [0.3, 0.4) is 0 Å². The molecular formula is C9H14LiN. The molecule has 0 saturated heterocycles. The zero-order valence-corrected chi connectivity index (χ0v) is 7.76. The summed E-state index contributed by atoms with van der Waals surface area (Å²) in [7, 11) is 4.12. The van der Waals surface area contributed by atoms with Crippen molar-refractivity contribution < 1.29 is 20.3 Å². The molecule has 1 rings (SSSR count). The molecule has 11 heavy (non-hydrogen) atoms. The molecule has 0 bridgehead atoms. The van der Waals surface area contributed by atoms with Gasteiger partial charge in [-0.25, -0.2) is 0 Å². The molecule has 0 heterocycles. The van der Waals surface area contributed by atoms with Crippen LogP contribution in [0.25, 0.3) is 0 Å². The predicted octanol–water partition coefficient (Wildman–Crippen LogP) is -0.822. The molecule has 0 saturated carbocycles. The minimum atomic E-state index is 0. The number of anilines is 1. The van der Waals surface area contributed by atoms with Gasteiger partial charge >= 0.3 is 18.9 Å². The Morgan fingerprint density at radius 2 is 1.73 bits per heavy atom. The zero-order chi connectivity index (χ0) is 7.56. The van der Waals surface area contributed by atoms with Gasteiger partial charge in [0.25, 0.3) is 0 Å². The summed E-state index contributed by atoms with van der Waals surface area (Å²) in [6, 6.07) is 8.36. The molecule has 0 N–H and O–H groups in total. The van der Waals surface area contributed by atoms with Crippen LogP contribution in [0.15, 0.2) is 24.3 Å². The minimum absolute atomic E-state index is 0. The molecule has 1 aromatic carbocycles. The van der Waals surface area contributed by atoms with Crippen LogP contribution in [0.4, 0.5) is 5.69 Å². The summed E-state index contributed by atoms with van der Waals surface area (Å²) in [5, 5.41) is 0. The van der Waals surface area contributed by atoms with E-state index in [4.69, 9.17) is 0 Å². The van der Waals surface area contributed by atoms with E-state index in [1.54, 1.807) is 0 Å². The van der Waals surface area contributed by atoms with E-state index in [2.05, 4.69) is 50.2 Å². The molecule has 0 aliphatic rings. The van der Waals surface area contributed by atoms with Gasteiger partial charge in [-0.15, -0.1) is 0 Å². The van der Waals surface area contributed by atoms with E-state index in [1.807, 2.05) is 0 Å². The summed E-state index contributed by atoms with van der Waals surface area (Å²) >= 11 is 0. The van der Waals surface area contributed by atoms with Crippen molar-refractivity contribution in [2.24, 2.45) is 0 Å². The van der Waals surface area contributed by atoms with Crippen molar-refractivity contribution in [1.82, 2.24) is 0 Å². The quantitative estimate of drug-likeness (QED) is 0.464. The molecule has 0 fully saturated rings. The molecule has 2 heteroatoms. The molecule has 0 atom stereocenters. The van der Waals surface area contributed by atoms with Gasteiger partial charge < -0.3 is 6.33 Å². The Labute approximate surface area is 82.1 Å². The SMILES string of the molecule is Cc1ccccc1N(C)C.[H-].[Li+]. The van der Waals surface area contributed by atoms with Crippen LogP contribution >= 0.6 is 0 Å². The third-order valence-electron chi connectivity index (χ3n) is 1.60. The van der Waals surface area contributed by atoms with Crippen molar-refractivity contribution in [3.05, 3.63) is 29.8 Å². The maximum Gasteiger partial charge on any atom is 1.00 e. The van der Waals surface area contributed by atoms with Crippen molar-refractivity contribution in [2.45, 2.75) is 6.92 Å². The molecule has 0 aliphatic carbocycles. The van der Waals surface area contributed by atoms with Crippen molar-refractivity contribution in [2.75, 3.05) is 19.0 Å². The van der Waals surface area contributed by atoms with Crippen molar-refractivity contribution in [1.29, 1.82) is 0 Å². The molecule has 0 unspecified atom stereocenters. The van der Waals surface area contributed by atoms with Gasteiger partial charge in [0.1, 0.15) is 0 Å². The fraction of sp³-hybridized carbons (Fsp3) is 0.333. The van der Waals surface area contributed by atoms with Crippen LogP contribution in [0, 0.1) is 6.92 Å². The second-order valence-electron chi connectivity index (χ2n) is 2.68. The van der Waals surface area contributed by atoms with Crippen molar-refractivity contribution in [3.63, 3.8) is 0 Å². The molecular weight excluding hydrogens is 129 g/mol. The second-order valence-corrected chi connectivity index (χ2v) is 2.68. The molecule has 0 aliphatic heterocycles. The molecule has 0 spiro atoms. The van der Waals surface area contributed by atoms with E-state index in [1.165, 1.54) is 11.3 Å². The second kappa shape index (κ2) is 4.49. The van der Waals surface area contributed by atoms with Crippen LogP contribution < -0.4 is 23.8 Å². The molecule has 56 valence electrons. The number of hydrogen-bond donors (Lipinski definition) is 0. The Morgan fingerprint density at radius 3 is 2.09 bits per heavy atom. The van der Waals surface area contributed by atoms with Gasteiger partial charge in [0.2, 0.25) is 0 Å². The van der Waals surface area contributed by atoms with E-state index in [0.29, 0.717) is 0 Å². The number of aryl methyl sites for hydroxylation is 1. The first kappa shape index (κ1) is 10.6. The van der Waals surface area contributed by atoms with E-state index < -0.39 is 0 Å².